The van der Waals surface area contributed by atoms with Crippen LogP contribution in [0.25, 0.3) is 0 Å². The smallest absolute Gasteiger partial charge is 0.303 e. The molecule has 0 radical (unpaired) electrons. The van der Waals surface area contributed by atoms with Crippen LogP contribution in [0.3, 0.4) is 0 Å². The second kappa shape index (κ2) is 4.74. The van der Waals surface area contributed by atoms with Gasteiger partial charge in [0, 0.05) is 6.42 Å². The Morgan fingerprint density at radius 3 is 2.81 bits per heavy atom. The van der Waals surface area contributed by atoms with Gasteiger partial charge in [0.15, 0.2) is 0 Å². The molecule has 1 aromatic rings. The van der Waals surface area contributed by atoms with E-state index >= 15 is 0 Å². The minimum atomic E-state index is -0.797. The molecule has 0 saturated heterocycles. The molecule has 1 aromatic carbocycles. The zero-order valence-electron chi connectivity index (χ0n) is 8.78. The Kier molecular flexibility index (Phi) is 3.34. The second-order valence-corrected chi connectivity index (χ2v) is 4.38. The summed E-state index contributed by atoms with van der Waals surface area (Å²) in [6, 6.07) is 5.46. The molecule has 1 aliphatic carbocycles. The van der Waals surface area contributed by atoms with Crippen LogP contribution in [-0.4, -0.2) is 17.2 Å². The van der Waals surface area contributed by atoms with Crippen molar-refractivity contribution in [2.24, 2.45) is 0 Å². The third kappa shape index (κ3) is 3.14. The van der Waals surface area contributed by atoms with Gasteiger partial charge in [-0.05, 0) is 37.0 Å². The van der Waals surface area contributed by atoms with E-state index in [0.717, 1.165) is 18.4 Å². The highest BCUT2D eigenvalue weighted by Crippen LogP contribution is 2.32. The molecule has 0 spiro atoms. The number of carbonyl (C=O) groups is 1. The molecule has 0 aliphatic heterocycles. The summed E-state index contributed by atoms with van der Waals surface area (Å²) in [4.78, 5) is 10.4. The molecule has 86 valence electrons. The average Bonchev–Trinajstić information content (AvgIpc) is 3.02. The van der Waals surface area contributed by atoms with Gasteiger partial charge in [0.25, 0.3) is 0 Å². The molecule has 1 aliphatic rings. The number of ether oxygens (including phenoxy) is 1. The fraction of sp³-hybridized carbons (Fsp3) is 0.417. The fourth-order valence-corrected chi connectivity index (χ4v) is 1.66. The lowest BCUT2D eigenvalue weighted by Gasteiger charge is -2.08. The van der Waals surface area contributed by atoms with Crippen molar-refractivity contribution in [3.63, 3.8) is 0 Å². The van der Waals surface area contributed by atoms with Crippen molar-refractivity contribution in [3.8, 4) is 5.75 Å². The summed E-state index contributed by atoms with van der Waals surface area (Å²) >= 11 is 6.04. The summed E-state index contributed by atoms with van der Waals surface area (Å²) < 4.78 is 5.59. The molecule has 0 amide bonds. The van der Waals surface area contributed by atoms with Gasteiger partial charge in [-0.15, -0.1) is 0 Å². The van der Waals surface area contributed by atoms with Gasteiger partial charge in [-0.3, -0.25) is 4.79 Å². The first-order valence-electron chi connectivity index (χ1n) is 5.32. The number of carboxylic acids is 1. The van der Waals surface area contributed by atoms with Crippen molar-refractivity contribution in [3.05, 3.63) is 28.8 Å². The molecule has 1 saturated carbocycles. The van der Waals surface area contributed by atoms with Gasteiger partial charge < -0.3 is 9.84 Å². The second-order valence-electron chi connectivity index (χ2n) is 3.98. The van der Waals surface area contributed by atoms with Gasteiger partial charge in [0.1, 0.15) is 5.75 Å². The van der Waals surface area contributed by atoms with E-state index in [1.54, 1.807) is 6.07 Å². The molecule has 0 aromatic heterocycles. The number of benzene rings is 1. The van der Waals surface area contributed by atoms with Gasteiger partial charge in [0.2, 0.25) is 0 Å². The Morgan fingerprint density at radius 2 is 2.25 bits per heavy atom. The summed E-state index contributed by atoms with van der Waals surface area (Å²) in [5.74, 6) is -0.0994. The Hall–Kier alpha value is -1.22. The van der Waals surface area contributed by atoms with E-state index in [1.165, 1.54) is 0 Å². The number of hydrogen-bond donors (Lipinski definition) is 1. The summed E-state index contributed by atoms with van der Waals surface area (Å²) in [6.07, 6.45) is 3.13. The quantitative estimate of drug-likeness (QED) is 0.861. The molecular formula is C12H13ClO3. The first-order chi connectivity index (χ1) is 7.65. The monoisotopic (exact) mass is 240 g/mol. The van der Waals surface area contributed by atoms with Gasteiger partial charge in [-0.25, -0.2) is 0 Å². The highest BCUT2D eigenvalue weighted by atomic mass is 35.5. The van der Waals surface area contributed by atoms with E-state index < -0.39 is 5.97 Å². The van der Waals surface area contributed by atoms with Crippen molar-refractivity contribution in [2.75, 3.05) is 0 Å². The third-order valence-corrected chi connectivity index (χ3v) is 2.74. The number of aryl methyl sites for hydroxylation is 1. The van der Waals surface area contributed by atoms with Gasteiger partial charge >= 0.3 is 5.97 Å². The van der Waals surface area contributed by atoms with Crippen molar-refractivity contribution < 1.29 is 14.6 Å². The summed E-state index contributed by atoms with van der Waals surface area (Å²) in [5.41, 5.74) is 0.926. The third-order valence-electron chi connectivity index (χ3n) is 2.44. The molecule has 1 fully saturated rings. The zero-order chi connectivity index (χ0) is 11.5. The summed E-state index contributed by atoms with van der Waals surface area (Å²) in [6.45, 7) is 0. The minimum absolute atomic E-state index is 0.124. The van der Waals surface area contributed by atoms with Crippen LogP contribution in [0.4, 0.5) is 0 Å². The maximum absolute atomic E-state index is 10.4. The predicted octanol–water partition coefficient (Wildman–Crippen LogP) is 2.90. The van der Waals surface area contributed by atoms with Crippen LogP contribution < -0.4 is 4.74 Å². The van der Waals surface area contributed by atoms with Crippen molar-refractivity contribution in [1.29, 1.82) is 0 Å². The number of carboxylic acid groups (broad SMARTS) is 1. The normalized spacial score (nSPS) is 14.8. The van der Waals surface area contributed by atoms with E-state index in [9.17, 15) is 4.79 Å². The van der Waals surface area contributed by atoms with Crippen LogP contribution in [0.1, 0.15) is 24.8 Å². The topological polar surface area (TPSA) is 46.5 Å². The van der Waals surface area contributed by atoms with Gasteiger partial charge in [0.05, 0.1) is 11.1 Å². The molecular weight excluding hydrogens is 228 g/mol. The Labute approximate surface area is 99.0 Å². The van der Waals surface area contributed by atoms with Crippen LogP contribution >= 0.6 is 11.6 Å². The highest BCUT2D eigenvalue weighted by molar-refractivity contribution is 6.32. The standard InChI is InChI=1S/C12H13ClO3/c13-10-7-8(2-6-12(14)15)1-5-11(10)16-9-3-4-9/h1,5,7,9H,2-4,6H2,(H,14,15). The number of hydrogen-bond acceptors (Lipinski definition) is 2. The molecule has 3 nitrogen and oxygen atoms in total. The Bertz CT molecular complexity index is 399. The lowest BCUT2D eigenvalue weighted by molar-refractivity contribution is -0.136. The fourth-order valence-electron chi connectivity index (χ4n) is 1.41. The predicted molar refractivity (Wildman–Crippen MR) is 61.1 cm³/mol. The van der Waals surface area contributed by atoms with E-state index in [4.69, 9.17) is 21.4 Å². The lowest BCUT2D eigenvalue weighted by atomic mass is 10.1. The SMILES string of the molecule is O=C(O)CCc1ccc(OC2CC2)c(Cl)c1. The maximum atomic E-state index is 10.4. The zero-order valence-corrected chi connectivity index (χ0v) is 9.54. The first kappa shape index (κ1) is 11.3. The van der Waals surface area contributed by atoms with E-state index in [1.807, 2.05) is 12.1 Å². The molecule has 16 heavy (non-hydrogen) atoms. The van der Waals surface area contributed by atoms with Crippen LogP contribution in [0.5, 0.6) is 5.75 Å². The number of aliphatic carboxylic acids is 1. The molecule has 4 heteroatoms. The van der Waals surface area contributed by atoms with Crippen LogP contribution in [0.15, 0.2) is 18.2 Å². The van der Waals surface area contributed by atoms with E-state index in [0.29, 0.717) is 23.3 Å². The first-order valence-corrected chi connectivity index (χ1v) is 5.70. The maximum Gasteiger partial charge on any atom is 0.303 e. The average molecular weight is 241 g/mol. The van der Waals surface area contributed by atoms with Crippen molar-refractivity contribution in [2.45, 2.75) is 31.8 Å². The van der Waals surface area contributed by atoms with Crippen LogP contribution in [0, 0.1) is 0 Å². The number of rotatable bonds is 5. The minimum Gasteiger partial charge on any atom is -0.489 e. The van der Waals surface area contributed by atoms with Gasteiger partial charge in [-0.2, -0.15) is 0 Å². The molecule has 0 atom stereocenters. The molecule has 0 unspecified atom stereocenters. The summed E-state index contributed by atoms with van der Waals surface area (Å²) in [7, 11) is 0. The van der Waals surface area contributed by atoms with E-state index in [2.05, 4.69) is 0 Å². The molecule has 2 rings (SSSR count). The van der Waals surface area contributed by atoms with Crippen molar-refractivity contribution >= 4 is 17.6 Å². The lowest BCUT2D eigenvalue weighted by Crippen LogP contribution is -1.99. The van der Waals surface area contributed by atoms with Crippen molar-refractivity contribution in [1.82, 2.24) is 0 Å². The number of halogens is 1. The van der Waals surface area contributed by atoms with Crippen LogP contribution in [0.2, 0.25) is 5.02 Å². The highest BCUT2D eigenvalue weighted by Gasteiger charge is 2.24. The van der Waals surface area contributed by atoms with Gasteiger partial charge in [-0.1, -0.05) is 17.7 Å². The molecule has 0 heterocycles. The van der Waals surface area contributed by atoms with Crippen LogP contribution in [-0.2, 0) is 11.2 Å². The Balaban J connectivity index is 2.00. The van der Waals surface area contributed by atoms with E-state index in [-0.39, 0.29) is 6.42 Å². The molecule has 1 N–H and O–H groups in total. The Morgan fingerprint density at radius 1 is 1.50 bits per heavy atom. The molecule has 0 bridgehead atoms. The summed E-state index contributed by atoms with van der Waals surface area (Å²) in [5, 5.41) is 9.13. The largest absolute Gasteiger partial charge is 0.489 e.